The maximum atomic E-state index is 12.4. The Bertz CT molecular complexity index is 799. The zero-order valence-electron chi connectivity index (χ0n) is 13.7. The third-order valence-corrected chi connectivity index (χ3v) is 5.24. The van der Waals surface area contributed by atoms with Crippen LogP contribution in [0, 0.1) is 12.3 Å². The molecule has 0 unspecified atom stereocenters. The maximum Gasteiger partial charge on any atom is 0.410 e. The first-order valence-electron chi connectivity index (χ1n) is 8.23. The van der Waals surface area contributed by atoms with E-state index in [4.69, 9.17) is 11.2 Å². The van der Waals surface area contributed by atoms with Crippen LogP contribution >= 0.6 is 0 Å². The van der Waals surface area contributed by atoms with Gasteiger partial charge >= 0.3 is 6.09 Å². The highest BCUT2D eigenvalue weighted by molar-refractivity contribution is 5.79. The number of terminal acetylenes is 1. The van der Waals surface area contributed by atoms with Gasteiger partial charge in [0.2, 0.25) is 0 Å². The number of fused-ring (bicyclic) bond motifs is 3. The summed E-state index contributed by atoms with van der Waals surface area (Å²) in [6.07, 6.45) is 6.92. The highest BCUT2D eigenvalue weighted by Crippen LogP contribution is 2.45. The molecular weight excluding hydrogens is 298 g/mol. The molecule has 0 bridgehead atoms. The van der Waals surface area contributed by atoms with Crippen LogP contribution in [0.4, 0.5) is 4.79 Å². The van der Waals surface area contributed by atoms with Crippen molar-refractivity contribution in [3.05, 3.63) is 59.7 Å². The summed E-state index contributed by atoms with van der Waals surface area (Å²) >= 11 is 0. The smallest absolute Gasteiger partial charge is 0.410 e. The molecule has 0 heterocycles. The fourth-order valence-electron chi connectivity index (χ4n) is 3.56. The number of rotatable bonds is 3. The minimum atomic E-state index is -0.428. The van der Waals surface area contributed by atoms with E-state index in [1.807, 2.05) is 24.3 Å². The molecule has 0 aromatic heterocycles. The lowest BCUT2D eigenvalue weighted by molar-refractivity contribution is 0.0986. The predicted molar refractivity (Wildman–Crippen MR) is 93.6 cm³/mol. The Kier molecular flexibility index (Phi) is 3.35. The van der Waals surface area contributed by atoms with Crippen LogP contribution in [0.15, 0.2) is 48.5 Å². The van der Waals surface area contributed by atoms with Crippen molar-refractivity contribution in [1.29, 1.82) is 0 Å². The van der Waals surface area contributed by atoms with Gasteiger partial charge in [0.1, 0.15) is 12.1 Å². The number of ether oxygens (including phenoxy) is 1. The van der Waals surface area contributed by atoms with Gasteiger partial charge in [-0.2, -0.15) is 0 Å². The second-order valence-electron chi connectivity index (χ2n) is 6.54. The molecule has 4 rings (SSSR count). The van der Waals surface area contributed by atoms with Gasteiger partial charge in [0.05, 0.1) is 0 Å². The van der Waals surface area contributed by atoms with Crippen LogP contribution in [0.3, 0.4) is 0 Å². The fraction of sp³-hybridized carbons (Fsp3) is 0.286. The average molecular weight is 317 g/mol. The van der Waals surface area contributed by atoms with Crippen molar-refractivity contribution in [2.45, 2.75) is 24.3 Å². The van der Waals surface area contributed by atoms with E-state index in [1.54, 1.807) is 11.9 Å². The first-order chi connectivity index (χ1) is 11.7. The van der Waals surface area contributed by atoms with Crippen molar-refractivity contribution in [1.82, 2.24) is 4.90 Å². The number of amides is 1. The molecule has 1 amide bonds. The molecule has 120 valence electrons. The summed E-state index contributed by atoms with van der Waals surface area (Å²) in [7, 11) is 1.73. The number of nitrogens with zero attached hydrogens (tertiary/aromatic N) is 1. The Balaban J connectivity index is 1.55. The standard InChI is InChI=1S/C21H19NO2/c1-3-21(12-13-21)22(2)20(23)24-14-19-17-10-6-4-8-15(17)16-9-5-7-11-18(16)19/h1,4-11,19H,12-14H2,2H3. The molecule has 2 aromatic carbocycles. The van der Waals surface area contributed by atoms with Gasteiger partial charge in [-0.15, -0.1) is 6.42 Å². The summed E-state index contributed by atoms with van der Waals surface area (Å²) in [5.41, 5.74) is 4.46. The van der Waals surface area contributed by atoms with Gasteiger partial charge in [-0.1, -0.05) is 54.5 Å². The molecule has 2 aliphatic carbocycles. The molecule has 0 radical (unpaired) electrons. The summed E-state index contributed by atoms with van der Waals surface area (Å²) in [6.45, 7) is 0.331. The van der Waals surface area contributed by atoms with E-state index in [0.29, 0.717) is 6.61 Å². The van der Waals surface area contributed by atoms with Crippen LogP contribution in [-0.2, 0) is 4.74 Å². The first kappa shape index (κ1) is 14.8. The molecule has 24 heavy (non-hydrogen) atoms. The Morgan fingerprint density at radius 3 is 2.21 bits per heavy atom. The van der Waals surface area contributed by atoms with Crippen molar-refractivity contribution in [3.63, 3.8) is 0 Å². The Labute approximate surface area is 142 Å². The molecule has 1 fully saturated rings. The molecule has 3 nitrogen and oxygen atoms in total. The predicted octanol–water partition coefficient (Wildman–Crippen LogP) is 4.03. The van der Waals surface area contributed by atoms with Crippen molar-refractivity contribution < 1.29 is 9.53 Å². The highest BCUT2D eigenvalue weighted by atomic mass is 16.6. The van der Waals surface area contributed by atoms with E-state index in [2.05, 4.69) is 30.2 Å². The van der Waals surface area contributed by atoms with Gasteiger partial charge in [-0.25, -0.2) is 4.79 Å². The normalized spacial score (nSPS) is 16.7. The molecule has 2 aliphatic rings. The molecule has 0 saturated heterocycles. The van der Waals surface area contributed by atoms with Gasteiger partial charge in [0.15, 0.2) is 0 Å². The van der Waals surface area contributed by atoms with Crippen LogP contribution in [0.2, 0.25) is 0 Å². The molecule has 0 atom stereocenters. The molecule has 0 aliphatic heterocycles. The van der Waals surface area contributed by atoms with E-state index in [0.717, 1.165) is 12.8 Å². The van der Waals surface area contributed by atoms with Crippen LogP contribution in [0.5, 0.6) is 0 Å². The number of hydrogen-bond acceptors (Lipinski definition) is 2. The zero-order valence-corrected chi connectivity index (χ0v) is 13.7. The van der Waals surface area contributed by atoms with E-state index < -0.39 is 5.54 Å². The number of benzene rings is 2. The second-order valence-corrected chi connectivity index (χ2v) is 6.54. The maximum absolute atomic E-state index is 12.4. The van der Waals surface area contributed by atoms with Crippen LogP contribution in [0.1, 0.15) is 29.9 Å². The summed E-state index contributed by atoms with van der Waals surface area (Å²) in [6, 6.07) is 16.6. The topological polar surface area (TPSA) is 29.5 Å². The van der Waals surface area contributed by atoms with E-state index >= 15 is 0 Å². The molecular formula is C21H19NO2. The number of carbonyl (C=O) groups is 1. The van der Waals surface area contributed by atoms with Crippen molar-refractivity contribution >= 4 is 6.09 Å². The lowest BCUT2D eigenvalue weighted by atomic mass is 9.98. The van der Waals surface area contributed by atoms with Gasteiger partial charge < -0.3 is 4.74 Å². The van der Waals surface area contributed by atoms with E-state index in [9.17, 15) is 4.79 Å². The minimum absolute atomic E-state index is 0.0794. The third-order valence-electron chi connectivity index (χ3n) is 5.24. The van der Waals surface area contributed by atoms with Crippen LogP contribution < -0.4 is 0 Å². The average Bonchev–Trinajstić information content (AvgIpc) is 3.37. The Hall–Kier alpha value is -2.73. The largest absolute Gasteiger partial charge is 0.448 e. The SMILES string of the molecule is C#CC1(N(C)C(=O)OCC2c3ccccc3-c3ccccc32)CC1. The van der Waals surface area contributed by atoms with Crippen molar-refractivity contribution in [3.8, 4) is 23.5 Å². The fourth-order valence-corrected chi connectivity index (χ4v) is 3.56. The molecule has 2 aromatic rings. The third kappa shape index (κ3) is 2.18. The Morgan fingerprint density at radius 1 is 1.17 bits per heavy atom. The van der Waals surface area contributed by atoms with E-state index in [-0.39, 0.29) is 12.0 Å². The quantitative estimate of drug-likeness (QED) is 0.800. The summed E-state index contributed by atoms with van der Waals surface area (Å²) in [5.74, 6) is 2.80. The number of carbonyl (C=O) groups excluding carboxylic acids is 1. The summed E-state index contributed by atoms with van der Waals surface area (Å²) < 4.78 is 5.62. The van der Waals surface area contributed by atoms with Crippen molar-refractivity contribution in [2.24, 2.45) is 0 Å². The highest BCUT2D eigenvalue weighted by Gasteiger charge is 2.48. The van der Waals surface area contributed by atoms with Crippen LogP contribution in [0.25, 0.3) is 11.1 Å². The van der Waals surface area contributed by atoms with Gasteiger partial charge in [0.25, 0.3) is 0 Å². The first-order valence-corrected chi connectivity index (χ1v) is 8.23. The lowest BCUT2D eigenvalue weighted by Crippen LogP contribution is -2.38. The monoisotopic (exact) mass is 317 g/mol. The summed E-state index contributed by atoms with van der Waals surface area (Å²) in [5, 5.41) is 0. The van der Waals surface area contributed by atoms with Crippen molar-refractivity contribution in [2.75, 3.05) is 13.7 Å². The van der Waals surface area contributed by atoms with Gasteiger partial charge in [-0.3, -0.25) is 4.90 Å². The molecule has 0 spiro atoms. The minimum Gasteiger partial charge on any atom is -0.448 e. The van der Waals surface area contributed by atoms with Gasteiger partial charge in [0, 0.05) is 13.0 Å². The molecule has 0 N–H and O–H groups in total. The van der Waals surface area contributed by atoms with E-state index in [1.165, 1.54) is 22.3 Å². The molecule has 1 saturated carbocycles. The summed E-state index contributed by atoms with van der Waals surface area (Å²) in [4.78, 5) is 13.9. The number of hydrogen-bond donors (Lipinski definition) is 0. The lowest BCUT2D eigenvalue weighted by Gasteiger charge is -2.24. The zero-order chi connectivity index (χ0) is 16.7. The van der Waals surface area contributed by atoms with Gasteiger partial charge in [-0.05, 0) is 35.1 Å². The van der Waals surface area contributed by atoms with Crippen LogP contribution in [-0.4, -0.2) is 30.2 Å². The molecule has 3 heteroatoms. The second kappa shape index (κ2) is 5.42. The Morgan fingerprint density at radius 2 is 1.71 bits per heavy atom.